The molecule has 0 unspecified atom stereocenters. The molecule has 0 saturated carbocycles. The van der Waals surface area contributed by atoms with Gasteiger partial charge in [0.25, 0.3) is 0 Å². The quantitative estimate of drug-likeness (QED) is 0.722. The molecule has 0 bridgehead atoms. The Morgan fingerprint density at radius 1 is 1.59 bits per heavy atom. The third-order valence-electron chi connectivity index (χ3n) is 2.29. The van der Waals surface area contributed by atoms with Crippen LogP contribution in [0.5, 0.6) is 0 Å². The molecule has 0 aromatic carbocycles. The molecule has 7 heteroatoms. The molecule has 0 aliphatic carbocycles. The zero-order chi connectivity index (χ0) is 12.6. The molecule has 2 aromatic rings. The Bertz CT molecular complexity index is 579. The number of Topliss-reactive ketones (excluding diaryl/α,β-unsaturated/α-hetero) is 1. The lowest BCUT2D eigenvalue weighted by atomic mass is 10.2. The van der Waals surface area contributed by atoms with Crippen LogP contribution in [0.4, 0.5) is 0 Å². The second-order valence-electron chi connectivity index (χ2n) is 3.40. The zero-order valence-electron chi connectivity index (χ0n) is 8.71. The van der Waals surface area contributed by atoms with Gasteiger partial charge in [-0.05, 0) is 44.8 Å². The van der Waals surface area contributed by atoms with Crippen molar-refractivity contribution in [2.45, 2.75) is 13.5 Å². The molecule has 0 N–H and O–H groups in total. The number of carbonyl (C=O) groups is 1. The van der Waals surface area contributed by atoms with E-state index in [2.05, 4.69) is 37.0 Å². The van der Waals surface area contributed by atoms with Crippen molar-refractivity contribution in [3.05, 3.63) is 36.1 Å². The molecule has 0 aliphatic rings. The number of nitrogens with zero attached hydrogens (tertiary/aromatic N) is 2. The van der Waals surface area contributed by atoms with Crippen LogP contribution in [0.15, 0.2) is 19.8 Å². The minimum absolute atomic E-state index is 0.00157. The van der Waals surface area contributed by atoms with Gasteiger partial charge in [-0.15, -0.1) is 11.3 Å². The average Bonchev–Trinajstić information content (AvgIpc) is 2.75. The number of hydrogen-bond donors (Lipinski definition) is 0. The standard InChI is InChI=1S/C10H7Br2ClN2OS/c1-5-7(13)3-14-15(5)4-8(16)6-2-9(11)17-10(6)12/h2-3H,4H2,1H3. The normalized spacial score (nSPS) is 10.8. The number of halogens is 3. The van der Waals surface area contributed by atoms with Crippen molar-refractivity contribution in [2.75, 3.05) is 0 Å². The molecule has 17 heavy (non-hydrogen) atoms. The van der Waals surface area contributed by atoms with Crippen LogP contribution in [-0.2, 0) is 6.54 Å². The highest BCUT2D eigenvalue weighted by molar-refractivity contribution is 9.12. The Labute approximate surface area is 124 Å². The lowest BCUT2D eigenvalue weighted by Crippen LogP contribution is -2.12. The maximum Gasteiger partial charge on any atom is 0.186 e. The first-order valence-electron chi connectivity index (χ1n) is 4.65. The van der Waals surface area contributed by atoms with E-state index >= 15 is 0 Å². The summed E-state index contributed by atoms with van der Waals surface area (Å²) in [5.41, 5.74) is 1.46. The largest absolute Gasteiger partial charge is 0.292 e. The zero-order valence-corrected chi connectivity index (χ0v) is 13.5. The summed E-state index contributed by atoms with van der Waals surface area (Å²) in [5.74, 6) is 0.00157. The maximum atomic E-state index is 12.1. The van der Waals surface area contributed by atoms with Crippen LogP contribution in [0.25, 0.3) is 0 Å². The number of rotatable bonds is 3. The van der Waals surface area contributed by atoms with Crippen molar-refractivity contribution in [2.24, 2.45) is 0 Å². The fourth-order valence-corrected chi connectivity index (χ4v) is 4.33. The van der Waals surface area contributed by atoms with Crippen LogP contribution in [-0.4, -0.2) is 15.6 Å². The van der Waals surface area contributed by atoms with Crippen LogP contribution in [0.3, 0.4) is 0 Å². The molecular weight excluding hydrogens is 391 g/mol. The van der Waals surface area contributed by atoms with Gasteiger partial charge in [0.1, 0.15) is 6.54 Å². The molecule has 0 aliphatic heterocycles. The summed E-state index contributed by atoms with van der Waals surface area (Å²) < 4.78 is 3.34. The summed E-state index contributed by atoms with van der Waals surface area (Å²) in [6, 6.07) is 1.80. The molecule has 0 spiro atoms. The summed E-state index contributed by atoms with van der Waals surface area (Å²) in [7, 11) is 0. The number of hydrogen-bond acceptors (Lipinski definition) is 3. The maximum absolute atomic E-state index is 12.1. The smallest absolute Gasteiger partial charge is 0.186 e. The number of aromatic nitrogens is 2. The predicted octanol–water partition coefficient (Wildman–Crippen LogP) is 4.31. The first kappa shape index (κ1) is 13.3. The minimum atomic E-state index is 0.00157. The Morgan fingerprint density at radius 2 is 2.29 bits per heavy atom. The first-order chi connectivity index (χ1) is 7.99. The van der Waals surface area contributed by atoms with Crippen molar-refractivity contribution in [3.8, 4) is 0 Å². The van der Waals surface area contributed by atoms with E-state index in [1.165, 1.54) is 11.3 Å². The summed E-state index contributed by atoms with van der Waals surface area (Å²) in [5, 5.41) is 4.63. The summed E-state index contributed by atoms with van der Waals surface area (Å²) in [4.78, 5) is 12.1. The molecular formula is C10H7Br2ClN2OS. The van der Waals surface area contributed by atoms with Crippen molar-refractivity contribution in [3.63, 3.8) is 0 Å². The van der Waals surface area contributed by atoms with Crippen molar-refractivity contribution < 1.29 is 4.79 Å². The molecule has 0 radical (unpaired) electrons. The molecule has 0 amide bonds. The average molecular weight is 399 g/mol. The topological polar surface area (TPSA) is 34.9 Å². The third kappa shape index (κ3) is 2.81. The third-order valence-corrected chi connectivity index (χ3v) is 5.00. The van der Waals surface area contributed by atoms with Crippen LogP contribution < -0.4 is 0 Å². The number of carbonyl (C=O) groups excluding carboxylic acids is 1. The Hall–Kier alpha value is -0.170. The molecule has 3 nitrogen and oxygen atoms in total. The molecule has 2 heterocycles. The van der Waals surface area contributed by atoms with Crippen LogP contribution in [0.2, 0.25) is 5.02 Å². The van der Waals surface area contributed by atoms with Gasteiger partial charge in [0, 0.05) is 5.56 Å². The Kier molecular flexibility index (Phi) is 4.07. The summed E-state index contributed by atoms with van der Waals surface area (Å²) in [6.45, 7) is 2.03. The van der Waals surface area contributed by atoms with Gasteiger partial charge in [0.2, 0.25) is 0 Å². The van der Waals surface area contributed by atoms with E-state index in [1.54, 1.807) is 16.9 Å². The highest BCUT2D eigenvalue weighted by Crippen LogP contribution is 2.32. The van der Waals surface area contributed by atoms with Gasteiger partial charge < -0.3 is 0 Å². The first-order valence-corrected chi connectivity index (χ1v) is 7.43. The van der Waals surface area contributed by atoms with Gasteiger partial charge >= 0.3 is 0 Å². The summed E-state index contributed by atoms with van der Waals surface area (Å²) in [6.07, 6.45) is 1.54. The van der Waals surface area contributed by atoms with Crippen molar-refractivity contribution >= 4 is 60.6 Å². The highest BCUT2D eigenvalue weighted by atomic mass is 79.9. The van der Waals surface area contributed by atoms with Crippen molar-refractivity contribution in [1.82, 2.24) is 9.78 Å². The van der Waals surface area contributed by atoms with E-state index in [0.717, 1.165) is 13.3 Å². The van der Waals surface area contributed by atoms with E-state index in [9.17, 15) is 4.79 Å². The molecule has 2 rings (SSSR count). The monoisotopic (exact) mass is 396 g/mol. The molecule has 0 atom stereocenters. The lowest BCUT2D eigenvalue weighted by molar-refractivity contribution is 0.0966. The van der Waals surface area contributed by atoms with Gasteiger partial charge in [-0.3, -0.25) is 9.48 Å². The Balaban J connectivity index is 2.23. The fourth-order valence-electron chi connectivity index (χ4n) is 1.33. The van der Waals surface area contributed by atoms with Crippen LogP contribution >= 0.6 is 54.8 Å². The van der Waals surface area contributed by atoms with Crippen LogP contribution in [0, 0.1) is 6.92 Å². The van der Waals surface area contributed by atoms with E-state index < -0.39 is 0 Å². The minimum Gasteiger partial charge on any atom is -0.292 e. The lowest BCUT2D eigenvalue weighted by Gasteiger charge is -2.02. The second-order valence-corrected chi connectivity index (χ2v) is 7.55. The van der Waals surface area contributed by atoms with Gasteiger partial charge in [-0.1, -0.05) is 11.6 Å². The Morgan fingerprint density at radius 3 is 2.76 bits per heavy atom. The van der Waals surface area contributed by atoms with Crippen LogP contribution in [0.1, 0.15) is 16.1 Å². The highest BCUT2D eigenvalue weighted by Gasteiger charge is 2.16. The van der Waals surface area contributed by atoms with E-state index in [4.69, 9.17) is 11.6 Å². The number of ketones is 1. The van der Waals surface area contributed by atoms with E-state index in [1.807, 2.05) is 6.92 Å². The second kappa shape index (κ2) is 5.22. The number of thiophene rings is 1. The van der Waals surface area contributed by atoms with Gasteiger partial charge in [0.05, 0.1) is 24.5 Å². The van der Waals surface area contributed by atoms with E-state index in [0.29, 0.717) is 10.6 Å². The fraction of sp³-hybridized carbons (Fsp3) is 0.200. The predicted molar refractivity (Wildman–Crippen MR) is 76.0 cm³/mol. The van der Waals surface area contributed by atoms with Crippen molar-refractivity contribution in [1.29, 1.82) is 0 Å². The van der Waals surface area contributed by atoms with E-state index in [-0.39, 0.29) is 12.3 Å². The van der Waals surface area contributed by atoms with Gasteiger partial charge in [-0.2, -0.15) is 5.10 Å². The van der Waals surface area contributed by atoms with Gasteiger partial charge in [0.15, 0.2) is 5.78 Å². The molecule has 2 aromatic heterocycles. The molecule has 0 saturated heterocycles. The molecule has 90 valence electrons. The summed E-state index contributed by atoms with van der Waals surface area (Å²) >= 11 is 14.1. The molecule has 0 fully saturated rings. The SMILES string of the molecule is Cc1c(Cl)cnn1CC(=O)c1cc(Br)sc1Br. The van der Waals surface area contributed by atoms with Gasteiger partial charge in [-0.25, -0.2) is 0 Å².